The standard InChI is InChI=1S/C14H17NO3.Na.H/c1-9(16)12-13(17)11(15-14(12)18)8-7-10-5-3-2-4-6-10;;/h2-6,11-13,17H,7-8H2,1H3,(H,15,18);;. The number of carbonyl (C=O) groups excluding carboxylic acids is 2. The summed E-state index contributed by atoms with van der Waals surface area (Å²) in [4.78, 5) is 22.8. The second kappa shape index (κ2) is 7.20. The zero-order valence-corrected chi connectivity index (χ0v) is 10.3. The molecular weight excluding hydrogens is 253 g/mol. The predicted octanol–water partition coefficient (Wildman–Crippen LogP) is 0.0352. The Morgan fingerprint density at radius 2 is 1.95 bits per heavy atom. The first-order valence-electron chi connectivity index (χ1n) is 6.12. The number of amides is 1. The van der Waals surface area contributed by atoms with Crippen LogP contribution in [0.3, 0.4) is 0 Å². The van der Waals surface area contributed by atoms with Gasteiger partial charge in [-0.05, 0) is 25.3 Å². The van der Waals surface area contributed by atoms with E-state index in [1.165, 1.54) is 6.92 Å². The summed E-state index contributed by atoms with van der Waals surface area (Å²) in [5.74, 6) is -1.53. The van der Waals surface area contributed by atoms with Gasteiger partial charge in [0, 0.05) is 0 Å². The number of Topliss-reactive ketones (excluding diaryl/α,β-unsaturated/α-hetero) is 1. The van der Waals surface area contributed by atoms with E-state index >= 15 is 0 Å². The zero-order valence-electron chi connectivity index (χ0n) is 10.3. The fraction of sp³-hybridized carbons (Fsp3) is 0.429. The molecule has 1 fully saturated rings. The predicted molar refractivity (Wildman–Crippen MR) is 74.0 cm³/mol. The number of ketones is 1. The van der Waals surface area contributed by atoms with E-state index in [0.29, 0.717) is 6.42 Å². The average molecular weight is 271 g/mol. The molecule has 1 aliphatic heterocycles. The molecular formula is C14H18NNaO3. The van der Waals surface area contributed by atoms with Crippen LogP contribution in [-0.4, -0.2) is 58.5 Å². The molecule has 2 N–H and O–H groups in total. The van der Waals surface area contributed by atoms with Crippen LogP contribution in [0.25, 0.3) is 0 Å². The Bertz CT molecular complexity index is 449. The molecule has 0 spiro atoms. The molecule has 3 unspecified atom stereocenters. The third kappa shape index (κ3) is 3.89. The summed E-state index contributed by atoms with van der Waals surface area (Å²) < 4.78 is 0. The number of nitrogens with one attached hydrogen (secondary N) is 1. The topological polar surface area (TPSA) is 66.4 Å². The summed E-state index contributed by atoms with van der Waals surface area (Å²) in [7, 11) is 0. The van der Waals surface area contributed by atoms with Gasteiger partial charge >= 0.3 is 29.6 Å². The third-order valence-electron chi connectivity index (χ3n) is 3.39. The summed E-state index contributed by atoms with van der Waals surface area (Å²) in [6, 6.07) is 9.54. The molecule has 2 rings (SSSR count). The van der Waals surface area contributed by atoms with Crippen LogP contribution >= 0.6 is 0 Å². The van der Waals surface area contributed by atoms with E-state index in [2.05, 4.69) is 5.32 Å². The van der Waals surface area contributed by atoms with E-state index in [0.717, 1.165) is 12.0 Å². The van der Waals surface area contributed by atoms with Crippen molar-refractivity contribution >= 4 is 41.2 Å². The van der Waals surface area contributed by atoms with Crippen molar-refractivity contribution in [3.05, 3.63) is 35.9 Å². The van der Waals surface area contributed by atoms with Crippen molar-refractivity contribution in [2.24, 2.45) is 5.92 Å². The van der Waals surface area contributed by atoms with Crippen molar-refractivity contribution in [2.45, 2.75) is 31.9 Å². The molecule has 1 amide bonds. The summed E-state index contributed by atoms with van der Waals surface area (Å²) >= 11 is 0. The van der Waals surface area contributed by atoms with Crippen LogP contribution in [-0.2, 0) is 16.0 Å². The van der Waals surface area contributed by atoms with Gasteiger partial charge in [-0.1, -0.05) is 30.3 Å². The second-order valence-corrected chi connectivity index (χ2v) is 4.72. The summed E-state index contributed by atoms with van der Waals surface area (Å²) in [5, 5.41) is 12.7. The van der Waals surface area contributed by atoms with Gasteiger partial charge in [-0.15, -0.1) is 0 Å². The van der Waals surface area contributed by atoms with Gasteiger partial charge in [0.15, 0.2) is 0 Å². The van der Waals surface area contributed by atoms with Crippen LogP contribution in [0.1, 0.15) is 18.9 Å². The van der Waals surface area contributed by atoms with E-state index in [1.807, 2.05) is 30.3 Å². The number of rotatable bonds is 4. The number of benzene rings is 1. The molecule has 1 aromatic carbocycles. The molecule has 0 bridgehead atoms. The zero-order chi connectivity index (χ0) is 13.1. The Balaban J connectivity index is 0.00000180. The van der Waals surface area contributed by atoms with Gasteiger partial charge in [0.25, 0.3) is 0 Å². The minimum atomic E-state index is -0.904. The molecule has 1 aromatic rings. The van der Waals surface area contributed by atoms with Crippen molar-refractivity contribution in [3.63, 3.8) is 0 Å². The van der Waals surface area contributed by atoms with Crippen LogP contribution < -0.4 is 5.32 Å². The molecule has 4 nitrogen and oxygen atoms in total. The number of hydrogen-bond donors (Lipinski definition) is 2. The fourth-order valence-corrected chi connectivity index (χ4v) is 2.38. The molecule has 0 radical (unpaired) electrons. The van der Waals surface area contributed by atoms with Crippen molar-refractivity contribution in [1.82, 2.24) is 5.32 Å². The Morgan fingerprint density at radius 1 is 1.32 bits per heavy atom. The molecule has 98 valence electrons. The van der Waals surface area contributed by atoms with Crippen molar-refractivity contribution in [1.29, 1.82) is 0 Å². The Kier molecular flexibility index (Phi) is 6.20. The van der Waals surface area contributed by atoms with Gasteiger partial charge in [0.2, 0.25) is 5.91 Å². The molecule has 0 aliphatic carbocycles. The molecule has 0 aromatic heterocycles. The maximum absolute atomic E-state index is 11.6. The molecule has 1 aliphatic rings. The maximum atomic E-state index is 11.6. The van der Waals surface area contributed by atoms with Crippen molar-refractivity contribution in [3.8, 4) is 0 Å². The van der Waals surface area contributed by atoms with Gasteiger partial charge in [0.05, 0.1) is 12.1 Å². The third-order valence-corrected chi connectivity index (χ3v) is 3.39. The van der Waals surface area contributed by atoms with Gasteiger partial charge in [0.1, 0.15) is 11.7 Å². The molecule has 0 saturated carbocycles. The van der Waals surface area contributed by atoms with E-state index in [1.54, 1.807) is 0 Å². The van der Waals surface area contributed by atoms with E-state index in [9.17, 15) is 14.7 Å². The summed E-state index contributed by atoms with van der Waals surface area (Å²) in [6.45, 7) is 1.34. The van der Waals surface area contributed by atoms with E-state index in [-0.39, 0.29) is 47.3 Å². The normalized spacial score (nSPS) is 25.6. The Labute approximate surface area is 134 Å². The first-order chi connectivity index (χ1) is 8.59. The molecule has 1 heterocycles. The van der Waals surface area contributed by atoms with Crippen LogP contribution in [0.2, 0.25) is 0 Å². The SMILES string of the molecule is CC(=O)C1C(=O)NC(CCc2ccccc2)C1O.[NaH]. The van der Waals surface area contributed by atoms with Gasteiger partial charge < -0.3 is 10.4 Å². The minimum absolute atomic E-state index is 0. The molecule has 3 atom stereocenters. The van der Waals surface area contributed by atoms with Crippen LogP contribution in [0.5, 0.6) is 0 Å². The van der Waals surface area contributed by atoms with E-state index in [4.69, 9.17) is 0 Å². The quantitative estimate of drug-likeness (QED) is 0.600. The number of carbonyl (C=O) groups is 2. The van der Waals surface area contributed by atoms with Gasteiger partial charge in [-0.25, -0.2) is 0 Å². The van der Waals surface area contributed by atoms with E-state index < -0.39 is 12.0 Å². The summed E-state index contributed by atoms with van der Waals surface area (Å²) in [6.07, 6.45) is 0.507. The number of hydrogen-bond acceptors (Lipinski definition) is 3. The molecule has 19 heavy (non-hydrogen) atoms. The first-order valence-corrected chi connectivity index (χ1v) is 6.12. The fourth-order valence-electron chi connectivity index (χ4n) is 2.38. The number of aryl methyl sites for hydroxylation is 1. The Hall–Kier alpha value is -0.680. The van der Waals surface area contributed by atoms with Gasteiger partial charge in [-0.3, -0.25) is 9.59 Å². The molecule has 5 heteroatoms. The van der Waals surface area contributed by atoms with Crippen molar-refractivity contribution in [2.75, 3.05) is 0 Å². The van der Waals surface area contributed by atoms with Crippen LogP contribution in [0, 0.1) is 5.92 Å². The molecule has 1 saturated heterocycles. The monoisotopic (exact) mass is 271 g/mol. The number of aliphatic hydroxyl groups is 1. The average Bonchev–Trinajstić information content (AvgIpc) is 2.63. The Morgan fingerprint density at radius 3 is 2.47 bits per heavy atom. The number of aliphatic hydroxyl groups excluding tert-OH is 1. The second-order valence-electron chi connectivity index (χ2n) is 4.72. The first kappa shape index (κ1) is 16.4. The van der Waals surface area contributed by atoms with Gasteiger partial charge in [-0.2, -0.15) is 0 Å². The van der Waals surface area contributed by atoms with Crippen LogP contribution in [0.15, 0.2) is 30.3 Å². The summed E-state index contributed by atoms with van der Waals surface area (Å²) in [5.41, 5.74) is 1.16. The van der Waals surface area contributed by atoms with Crippen LogP contribution in [0.4, 0.5) is 0 Å². The van der Waals surface area contributed by atoms with Crippen molar-refractivity contribution < 1.29 is 14.7 Å².